The molecule has 0 aliphatic rings. The van der Waals surface area contributed by atoms with Crippen molar-refractivity contribution in [2.45, 2.75) is 6.42 Å². The number of hydrogen-bond donors (Lipinski definition) is 1. The van der Waals surface area contributed by atoms with Crippen LogP contribution in [0.4, 0.5) is 11.4 Å². The first kappa shape index (κ1) is 13.8. The molecule has 0 spiro atoms. The Hall–Kier alpha value is -2.63. The number of rotatable bonds is 6. The van der Waals surface area contributed by atoms with Crippen LogP contribution < -0.4 is 10.1 Å². The van der Waals surface area contributed by atoms with Gasteiger partial charge in [-0.05, 0) is 24.3 Å². The van der Waals surface area contributed by atoms with Gasteiger partial charge in [-0.3, -0.25) is 15.1 Å². The van der Waals surface area contributed by atoms with Crippen molar-refractivity contribution >= 4 is 11.4 Å². The molecule has 2 aromatic rings. The van der Waals surface area contributed by atoms with Crippen molar-refractivity contribution in [1.29, 1.82) is 0 Å². The molecule has 1 heterocycles. The van der Waals surface area contributed by atoms with E-state index < -0.39 is 4.92 Å². The van der Waals surface area contributed by atoms with E-state index in [0.717, 1.165) is 5.69 Å². The molecule has 0 amide bonds. The molecule has 1 aromatic carbocycles. The minimum absolute atomic E-state index is 0.0454. The summed E-state index contributed by atoms with van der Waals surface area (Å²) >= 11 is 0. The van der Waals surface area contributed by atoms with Gasteiger partial charge in [-0.1, -0.05) is 12.1 Å². The van der Waals surface area contributed by atoms with Crippen LogP contribution in [0.2, 0.25) is 0 Å². The van der Waals surface area contributed by atoms with Gasteiger partial charge in [0.25, 0.3) is 0 Å². The Bertz CT molecular complexity index is 587. The summed E-state index contributed by atoms with van der Waals surface area (Å²) in [5.41, 5.74) is 1.28. The molecule has 0 aliphatic carbocycles. The fourth-order valence-corrected chi connectivity index (χ4v) is 1.84. The molecule has 20 heavy (non-hydrogen) atoms. The third-order valence-electron chi connectivity index (χ3n) is 2.79. The smallest absolute Gasteiger partial charge is 0.333 e. The molecule has 0 aliphatic heterocycles. The van der Waals surface area contributed by atoms with Gasteiger partial charge in [-0.25, -0.2) is 0 Å². The van der Waals surface area contributed by atoms with E-state index in [2.05, 4.69) is 10.3 Å². The fourth-order valence-electron chi connectivity index (χ4n) is 1.84. The molecule has 2 rings (SSSR count). The van der Waals surface area contributed by atoms with Crippen LogP contribution in [-0.2, 0) is 6.42 Å². The molecule has 0 bridgehead atoms. The minimum atomic E-state index is -0.443. The standard InChI is InChI=1S/C14H15N3O3/c1-15-12-6-4-7-13(14(12)17(18)19)20-10-8-11-5-2-3-9-16-11/h2-7,9,15H,8,10H2,1H3. The van der Waals surface area contributed by atoms with Gasteiger partial charge < -0.3 is 10.1 Å². The van der Waals surface area contributed by atoms with E-state index in [9.17, 15) is 10.1 Å². The Kier molecular flexibility index (Phi) is 4.49. The van der Waals surface area contributed by atoms with Crippen LogP contribution >= 0.6 is 0 Å². The van der Waals surface area contributed by atoms with Gasteiger partial charge in [-0.2, -0.15) is 0 Å². The molecule has 1 N–H and O–H groups in total. The zero-order valence-corrected chi connectivity index (χ0v) is 11.1. The molecule has 0 saturated heterocycles. The summed E-state index contributed by atoms with van der Waals surface area (Å²) in [4.78, 5) is 14.8. The number of nitrogens with zero attached hydrogens (tertiary/aromatic N) is 2. The lowest BCUT2D eigenvalue weighted by Crippen LogP contribution is -2.05. The number of para-hydroxylation sites is 1. The lowest BCUT2D eigenvalue weighted by atomic mass is 10.2. The van der Waals surface area contributed by atoms with E-state index in [1.54, 1.807) is 31.4 Å². The van der Waals surface area contributed by atoms with Gasteiger partial charge >= 0.3 is 5.69 Å². The molecule has 1 aromatic heterocycles. The summed E-state index contributed by atoms with van der Waals surface area (Å²) < 4.78 is 5.52. The Balaban J connectivity index is 2.08. The fraction of sp³-hybridized carbons (Fsp3) is 0.214. The maximum atomic E-state index is 11.1. The Morgan fingerprint density at radius 1 is 1.30 bits per heavy atom. The highest BCUT2D eigenvalue weighted by atomic mass is 16.6. The summed E-state index contributed by atoms with van der Waals surface area (Å²) in [6.07, 6.45) is 2.31. The molecule has 104 valence electrons. The van der Waals surface area contributed by atoms with Crippen molar-refractivity contribution in [1.82, 2.24) is 4.98 Å². The number of benzene rings is 1. The molecule has 0 unspecified atom stereocenters. The third kappa shape index (κ3) is 3.23. The van der Waals surface area contributed by atoms with Crippen LogP contribution in [0.25, 0.3) is 0 Å². The predicted octanol–water partition coefficient (Wildman–Crippen LogP) is 2.65. The topological polar surface area (TPSA) is 77.3 Å². The van der Waals surface area contributed by atoms with Crippen LogP contribution in [0.5, 0.6) is 5.75 Å². The van der Waals surface area contributed by atoms with Gasteiger partial charge in [0, 0.05) is 25.4 Å². The maximum Gasteiger partial charge on any atom is 0.333 e. The lowest BCUT2D eigenvalue weighted by molar-refractivity contribution is -0.384. The average Bonchev–Trinajstić information content (AvgIpc) is 2.47. The highest BCUT2D eigenvalue weighted by Gasteiger charge is 2.20. The van der Waals surface area contributed by atoms with Gasteiger partial charge in [0.2, 0.25) is 0 Å². The van der Waals surface area contributed by atoms with E-state index >= 15 is 0 Å². The first-order chi connectivity index (χ1) is 9.72. The highest BCUT2D eigenvalue weighted by Crippen LogP contribution is 2.34. The summed E-state index contributed by atoms with van der Waals surface area (Å²) in [5.74, 6) is 0.262. The van der Waals surface area contributed by atoms with Crippen molar-refractivity contribution in [3.05, 3.63) is 58.4 Å². The SMILES string of the molecule is CNc1cccc(OCCc2ccccn2)c1[N+](=O)[O-]. The van der Waals surface area contributed by atoms with Crippen molar-refractivity contribution in [2.75, 3.05) is 19.0 Å². The number of anilines is 1. The number of hydrogen-bond acceptors (Lipinski definition) is 5. The summed E-state index contributed by atoms with van der Waals surface area (Å²) in [5, 5.41) is 13.9. The van der Waals surface area contributed by atoms with Crippen molar-refractivity contribution in [2.24, 2.45) is 0 Å². The van der Waals surface area contributed by atoms with E-state index in [1.165, 1.54) is 0 Å². The van der Waals surface area contributed by atoms with Gasteiger partial charge in [0.05, 0.1) is 11.5 Å². The van der Waals surface area contributed by atoms with Crippen LogP contribution in [0.3, 0.4) is 0 Å². The second-order valence-electron chi connectivity index (χ2n) is 4.08. The number of nitro benzene ring substituents is 1. The third-order valence-corrected chi connectivity index (χ3v) is 2.79. The second kappa shape index (κ2) is 6.51. The largest absolute Gasteiger partial charge is 0.486 e. The molecule has 0 atom stereocenters. The quantitative estimate of drug-likeness (QED) is 0.646. The number of pyridine rings is 1. The van der Waals surface area contributed by atoms with E-state index in [-0.39, 0.29) is 11.4 Å². The normalized spacial score (nSPS) is 10.1. The summed E-state index contributed by atoms with van der Waals surface area (Å²) in [6, 6.07) is 10.6. The minimum Gasteiger partial charge on any atom is -0.486 e. The molecule has 6 nitrogen and oxygen atoms in total. The highest BCUT2D eigenvalue weighted by molar-refractivity contribution is 5.68. The summed E-state index contributed by atoms with van der Waals surface area (Å²) in [6.45, 7) is 0.338. The first-order valence-corrected chi connectivity index (χ1v) is 6.20. The molecule has 0 radical (unpaired) electrons. The van der Waals surface area contributed by atoms with Gasteiger partial charge in [-0.15, -0.1) is 0 Å². The van der Waals surface area contributed by atoms with Crippen LogP contribution in [-0.4, -0.2) is 23.6 Å². The van der Waals surface area contributed by atoms with Crippen molar-refractivity contribution < 1.29 is 9.66 Å². The molecule has 0 saturated carbocycles. The zero-order valence-electron chi connectivity index (χ0n) is 11.1. The average molecular weight is 273 g/mol. The van der Waals surface area contributed by atoms with Crippen molar-refractivity contribution in [3.8, 4) is 5.75 Å². The maximum absolute atomic E-state index is 11.1. The number of aromatic nitrogens is 1. The molecule has 6 heteroatoms. The lowest BCUT2D eigenvalue weighted by Gasteiger charge is -2.09. The van der Waals surface area contributed by atoms with E-state index in [1.807, 2.05) is 18.2 Å². The van der Waals surface area contributed by atoms with Crippen LogP contribution in [0.1, 0.15) is 5.69 Å². The van der Waals surface area contributed by atoms with Crippen LogP contribution in [0.15, 0.2) is 42.6 Å². The number of ether oxygens (including phenoxy) is 1. The first-order valence-electron chi connectivity index (χ1n) is 6.20. The number of nitrogens with one attached hydrogen (secondary N) is 1. The van der Waals surface area contributed by atoms with Crippen molar-refractivity contribution in [3.63, 3.8) is 0 Å². The molecular formula is C14H15N3O3. The monoisotopic (exact) mass is 273 g/mol. The predicted molar refractivity (Wildman–Crippen MR) is 76.1 cm³/mol. The van der Waals surface area contributed by atoms with Crippen LogP contribution in [0, 0.1) is 10.1 Å². The Labute approximate surface area is 116 Å². The molecular weight excluding hydrogens is 258 g/mol. The Morgan fingerprint density at radius 3 is 2.80 bits per heavy atom. The van der Waals surface area contributed by atoms with Gasteiger partial charge in [0.1, 0.15) is 5.69 Å². The van der Waals surface area contributed by atoms with Gasteiger partial charge in [0.15, 0.2) is 5.75 Å². The zero-order chi connectivity index (χ0) is 14.4. The Morgan fingerprint density at radius 2 is 2.15 bits per heavy atom. The number of nitro groups is 1. The summed E-state index contributed by atoms with van der Waals surface area (Å²) in [7, 11) is 1.64. The molecule has 0 fully saturated rings. The van der Waals surface area contributed by atoms with E-state index in [0.29, 0.717) is 18.7 Å². The van der Waals surface area contributed by atoms with E-state index in [4.69, 9.17) is 4.74 Å². The second-order valence-corrected chi connectivity index (χ2v) is 4.08.